The van der Waals surface area contributed by atoms with Crippen LogP contribution in [-0.2, 0) is 0 Å². The number of benzene rings is 1. The van der Waals surface area contributed by atoms with Gasteiger partial charge in [0.1, 0.15) is 0 Å². The van der Waals surface area contributed by atoms with Crippen molar-refractivity contribution in [3.63, 3.8) is 0 Å². The van der Waals surface area contributed by atoms with Gasteiger partial charge in [0.2, 0.25) is 0 Å². The van der Waals surface area contributed by atoms with Gasteiger partial charge in [-0.2, -0.15) is 5.10 Å². The lowest BCUT2D eigenvalue weighted by Gasteiger charge is -2.11. The summed E-state index contributed by atoms with van der Waals surface area (Å²) in [6.07, 6.45) is 0. The number of nitro benzene ring substituents is 1. The molecule has 2 rings (SSSR count). The zero-order valence-corrected chi connectivity index (χ0v) is 11.7. The first kappa shape index (κ1) is 13.4. The molecule has 0 saturated heterocycles. The molecule has 0 amide bonds. The highest BCUT2D eigenvalue weighted by atomic mass is 32.1. The molecule has 0 aliphatic heterocycles. The van der Waals surface area contributed by atoms with E-state index in [1.54, 1.807) is 13.0 Å². The fourth-order valence-corrected chi connectivity index (χ4v) is 2.38. The quantitative estimate of drug-likeness (QED) is 0.530. The molecular weight excluding hydrogens is 264 g/mol. The van der Waals surface area contributed by atoms with Crippen molar-refractivity contribution in [2.75, 3.05) is 0 Å². The third-order valence-corrected chi connectivity index (χ3v) is 3.25. The summed E-state index contributed by atoms with van der Waals surface area (Å²) >= 11 is 5.19. The van der Waals surface area contributed by atoms with Crippen molar-refractivity contribution in [2.24, 2.45) is 0 Å². The van der Waals surface area contributed by atoms with E-state index >= 15 is 0 Å². The van der Waals surface area contributed by atoms with Gasteiger partial charge in [-0.1, -0.05) is 12.1 Å². The number of aromatic amines is 1. The van der Waals surface area contributed by atoms with Gasteiger partial charge < -0.3 is 0 Å². The van der Waals surface area contributed by atoms with Crippen molar-refractivity contribution >= 4 is 17.9 Å². The van der Waals surface area contributed by atoms with Crippen molar-refractivity contribution in [2.45, 2.75) is 26.8 Å². The second kappa shape index (κ2) is 4.93. The van der Waals surface area contributed by atoms with Crippen LogP contribution in [0.3, 0.4) is 0 Å². The SMILES string of the molecule is Cc1c(-c2n[nH]c(=S)n2C(C)C)cccc1[N+](=O)[O-]. The molecule has 0 atom stereocenters. The second-order valence-corrected chi connectivity index (χ2v) is 4.91. The summed E-state index contributed by atoms with van der Waals surface area (Å²) in [6.45, 7) is 5.69. The Balaban J connectivity index is 2.70. The maximum absolute atomic E-state index is 11.0. The summed E-state index contributed by atoms with van der Waals surface area (Å²) in [5.41, 5.74) is 1.39. The van der Waals surface area contributed by atoms with Crippen LogP contribution in [0.25, 0.3) is 11.4 Å². The van der Waals surface area contributed by atoms with Gasteiger partial charge >= 0.3 is 0 Å². The van der Waals surface area contributed by atoms with Crippen LogP contribution in [0.15, 0.2) is 18.2 Å². The molecule has 100 valence electrons. The summed E-state index contributed by atoms with van der Waals surface area (Å²) in [4.78, 5) is 10.6. The topological polar surface area (TPSA) is 76.8 Å². The van der Waals surface area contributed by atoms with Gasteiger partial charge in [0.15, 0.2) is 10.6 Å². The summed E-state index contributed by atoms with van der Waals surface area (Å²) in [5.74, 6) is 0.626. The summed E-state index contributed by atoms with van der Waals surface area (Å²) < 4.78 is 2.36. The number of H-pyrrole nitrogens is 1. The number of hydrogen-bond acceptors (Lipinski definition) is 4. The van der Waals surface area contributed by atoms with E-state index in [2.05, 4.69) is 10.2 Å². The highest BCUT2D eigenvalue weighted by Gasteiger charge is 2.19. The highest BCUT2D eigenvalue weighted by molar-refractivity contribution is 7.71. The van der Waals surface area contributed by atoms with Crippen LogP contribution in [0.5, 0.6) is 0 Å². The maximum Gasteiger partial charge on any atom is 0.273 e. The third-order valence-electron chi connectivity index (χ3n) is 2.96. The Hall–Kier alpha value is -2.02. The van der Waals surface area contributed by atoms with Gasteiger partial charge in [0.05, 0.1) is 4.92 Å². The minimum atomic E-state index is -0.389. The van der Waals surface area contributed by atoms with Crippen molar-refractivity contribution in [1.82, 2.24) is 14.8 Å². The summed E-state index contributed by atoms with van der Waals surface area (Å²) in [5, 5.41) is 17.9. The van der Waals surface area contributed by atoms with Crippen molar-refractivity contribution in [1.29, 1.82) is 0 Å². The van der Waals surface area contributed by atoms with Gasteiger partial charge in [-0.15, -0.1) is 0 Å². The molecule has 19 heavy (non-hydrogen) atoms. The molecule has 0 unspecified atom stereocenters. The van der Waals surface area contributed by atoms with Crippen LogP contribution < -0.4 is 0 Å². The fourth-order valence-electron chi connectivity index (χ4n) is 2.04. The van der Waals surface area contributed by atoms with Gasteiger partial charge in [0.25, 0.3) is 5.69 Å². The van der Waals surface area contributed by atoms with E-state index in [-0.39, 0.29) is 16.7 Å². The Morgan fingerprint density at radius 3 is 2.74 bits per heavy atom. The first-order valence-corrected chi connectivity index (χ1v) is 6.25. The van der Waals surface area contributed by atoms with Crippen LogP contribution in [-0.4, -0.2) is 19.7 Å². The number of hydrogen-bond donors (Lipinski definition) is 1. The molecule has 1 heterocycles. The first-order chi connectivity index (χ1) is 8.93. The summed E-state index contributed by atoms with van der Waals surface area (Å²) in [6, 6.07) is 5.08. The number of nitro groups is 1. The zero-order chi connectivity index (χ0) is 14.2. The van der Waals surface area contributed by atoms with E-state index < -0.39 is 0 Å². The smallest absolute Gasteiger partial charge is 0.273 e. The van der Waals surface area contributed by atoms with Crippen LogP contribution >= 0.6 is 12.2 Å². The normalized spacial score (nSPS) is 10.9. The van der Waals surface area contributed by atoms with Gasteiger partial charge in [-0.05, 0) is 33.0 Å². The average molecular weight is 278 g/mol. The van der Waals surface area contributed by atoms with Gasteiger partial charge in [0, 0.05) is 23.2 Å². The van der Waals surface area contributed by atoms with E-state index in [0.29, 0.717) is 16.2 Å². The maximum atomic E-state index is 11.0. The molecule has 0 spiro atoms. The molecule has 0 bridgehead atoms. The van der Waals surface area contributed by atoms with Crippen LogP contribution in [0.4, 0.5) is 5.69 Å². The van der Waals surface area contributed by atoms with Gasteiger partial charge in [-0.3, -0.25) is 19.8 Å². The number of nitrogens with one attached hydrogen (secondary N) is 1. The predicted molar refractivity (Wildman–Crippen MR) is 74.6 cm³/mol. The molecule has 0 fully saturated rings. The van der Waals surface area contributed by atoms with Crippen LogP contribution in [0.1, 0.15) is 25.5 Å². The molecule has 7 heteroatoms. The number of nitrogens with zero attached hydrogens (tertiary/aromatic N) is 3. The number of rotatable bonds is 3. The number of aromatic nitrogens is 3. The Labute approximate surface area is 115 Å². The van der Waals surface area contributed by atoms with E-state index in [1.807, 2.05) is 24.5 Å². The zero-order valence-electron chi connectivity index (χ0n) is 10.9. The molecule has 0 saturated carbocycles. The monoisotopic (exact) mass is 278 g/mol. The molecular formula is C12H14N4O2S. The fraction of sp³-hybridized carbons (Fsp3) is 0.333. The van der Waals surface area contributed by atoms with Crippen LogP contribution in [0, 0.1) is 21.8 Å². The Morgan fingerprint density at radius 2 is 2.16 bits per heavy atom. The molecule has 0 aliphatic carbocycles. The van der Waals surface area contributed by atoms with Crippen molar-refractivity contribution in [3.8, 4) is 11.4 Å². The average Bonchev–Trinajstić information content (AvgIpc) is 2.71. The lowest BCUT2D eigenvalue weighted by Crippen LogP contribution is -2.04. The molecule has 1 aromatic carbocycles. The minimum Gasteiger partial charge on any atom is -0.298 e. The second-order valence-electron chi connectivity index (χ2n) is 4.52. The Morgan fingerprint density at radius 1 is 1.47 bits per heavy atom. The lowest BCUT2D eigenvalue weighted by atomic mass is 10.1. The molecule has 0 radical (unpaired) electrons. The lowest BCUT2D eigenvalue weighted by molar-refractivity contribution is -0.385. The summed E-state index contributed by atoms with van der Waals surface area (Å²) in [7, 11) is 0. The van der Waals surface area contributed by atoms with Crippen molar-refractivity contribution in [3.05, 3.63) is 38.6 Å². The molecule has 0 aliphatic rings. The van der Waals surface area contributed by atoms with E-state index in [0.717, 1.165) is 5.56 Å². The van der Waals surface area contributed by atoms with Gasteiger partial charge in [-0.25, -0.2) is 0 Å². The molecule has 2 aromatic rings. The van der Waals surface area contributed by atoms with Crippen LogP contribution in [0.2, 0.25) is 0 Å². The Kier molecular flexibility index (Phi) is 3.48. The standard InChI is InChI=1S/C12H14N4O2S/c1-7(2)15-11(13-14-12(15)19)9-5-4-6-10(8(9)3)16(17)18/h4-7H,1-3H3,(H,14,19). The largest absolute Gasteiger partial charge is 0.298 e. The highest BCUT2D eigenvalue weighted by Crippen LogP contribution is 2.29. The van der Waals surface area contributed by atoms with E-state index in [4.69, 9.17) is 12.2 Å². The molecule has 1 N–H and O–H groups in total. The van der Waals surface area contributed by atoms with E-state index in [1.165, 1.54) is 6.07 Å². The Bertz CT molecular complexity index is 687. The molecule has 1 aromatic heterocycles. The minimum absolute atomic E-state index is 0.0849. The third kappa shape index (κ3) is 2.28. The molecule has 6 nitrogen and oxygen atoms in total. The van der Waals surface area contributed by atoms with E-state index in [9.17, 15) is 10.1 Å². The van der Waals surface area contributed by atoms with Crippen molar-refractivity contribution < 1.29 is 4.92 Å². The first-order valence-electron chi connectivity index (χ1n) is 5.84. The predicted octanol–water partition coefficient (Wildman–Crippen LogP) is 3.41.